The molecule has 0 unspecified atom stereocenters. The van der Waals surface area contributed by atoms with E-state index in [2.05, 4.69) is 24.8 Å². The molecule has 0 N–H and O–H groups in total. The third-order valence-corrected chi connectivity index (χ3v) is 4.80. The van der Waals surface area contributed by atoms with Crippen LogP contribution in [0.1, 0.15) is 58.1 Å². The first-order chi connectivity index (χ1) is 14.5. The van der Waals surface area contributed by atoms with Crippen molar-refractivity contribution in [2.75, 3.05) is 31.7 Å². The Hall–Kier alpha value is -2.72. The second-order valence-corrected chi connectivity index (χ2v) is 7.38. The maximum atomic E-state index is 12.8. The number of carbonyl (C=O) groups is 1. The molecule has 7 nitrogen and oxygen atoms in total. The predicted octanol–water partition coefficient (Wildman–Crippen LogP) is 4.22. The second-order valence-electron chi connectivity index (χ2n) is 7.38. The SMILES string of the molecule is CCCCN(CCCC)c1nc2ccccc2nc1[C@@H](C#N)C(=O)O[C@@H](C)COC. The fourth-order valence-electron chi connectivity index (χ4n) is 3.21. The Bertz CT molecular complexity index is 857. The van der Waals surface area contributed by atoms with Crippen LogP contribution < -0.4 is 4.90 Å². The van der Waals surface area contributed by atoms with E-state index in [0.29, 0.717) is 17.0 Å². The van der Waals surface area contributed by atoms with Gasteiger partial charge >= 0.3 is 5.97 Å². The number of fused-ring (bicyclic) bond motifs is 1. The lowest BCUT2D eigenvalue weighted by molar-refractivity contribution is -0.150. The molecule has 0 amide bonds. The molecule has 0 bridgehead atoms. The molecule has 1 aromatic heterocycles. The van der Waals surface area contributed by atoms with Gasteiger partial charge in [-0.15, -0.1) is 0 Å². The molecular weight excluding hydrogens is 380 g/mol. The number of hydrogen-bond acceptors (Lipinski definition) is 7. The lowest BCUT2D eigenvalue weighted by Crippen LogP contribution is -2.31. The van der Waals surface area contributed by atoms with Crippen LogP contribution in [-0.4, -0.2) is 48.8 Å². The predicted molar refractivity (Wildman–Crippen MR) is 117 cm³/mol. The average molecular weight is 413 g/mol. The van der Waals surface area contributed by atoms with Crippen molar-refractivity contribution in [2.24, 2.45) is 0 Å². The zero-order valence-corrected chi connectivity index (χ0v) is 18.4. The van der Waals surface area contributed by atoms with Crippen molar-refractivity contribution in [2.45, 2.75) is 58.5 Å². The smallest absolute Gasteiger partial charge is 0.330 e. The summed E-state index contributed by atoms with van der Waals surface area (Å²) in [4.78, 5) is 24.5. The van der Waals surface area contributed by atoms with Crippen LogP contribution in [-0.2, 0) is 14.3 Å². The van der Waals surface area contributed by atoms with Gasteiger partial charge < -0.3 is 14.4 Å². The highest BCUT2D eigenvalue weighted by Crippen LogP contribution is 2.29. The summed E-state index contributed by atoms with van der Waals surface area (Å²) in [6, 6.07) is 9.60. The maximum Gasteiger partial charge on any atom is 0.330 e. The van der Waals surface area contributed by atoms with Gasteiger partial charge in [0.25, 0.3) is 0 Å². The van der Waals surface area contributed by atoms with Crippen molar-refractivity contribution in [3.63, 3.8) is 0 Å². The molecule has 0 radical (unpaired) electrons. The van der Waals surface area contributed by atoms with Gasteiger partial charge in [0.1, 0.15) is 11.8 Å². The van der Waals surface area contributed by atoms with E-state index in [1.54, 1.807) is 14.0 Å². The molecule has 0 aliphatic heterocycles. The summed E-state index contributed by atoms with van der Waals surface area (Å²) >= 11 is 0. The lowest BCUT2D eigenvalue weighted by Gasteiger charge is -2.27. The van der Waals surface area contributed by atoms with Crippen molar-refractivity contribution in [1.82, 2.24) is 9.97 Å². The van der Waals surface area contributed by atoms with Crippen molar-refractivity contribution in [3.8, 4) is 6.07 Å². The van der Waals surface area contributed by atoms with Crippen LogP contribution in [0.4, 0.5) is 5.82 Å². The van der Waals surface area contributed by atoms with E-state index in [4.69, 9.17) is 19.4 Å². The Morgan fingerprint density at radius 1 is 1.13 bits per heavy atom. The third kappa shape index (κ3) is 6.14. The first-order valence-electron chi connectivity index (χ1n) is 10.7. The third-order valence-electron chi connectivity index (χ3n) is 4.80. The summed E-state index contributed by atoms with van der Waals surface area (Å²) in [6.07, 6.45) is 3.61. The number of nitrogens with zero attached hydrogens (tertiary/aromatic N) is 4. The van der Waals surface area contributed by atoms with Gasteiger partial charge in [-0.25, -0.2) is 9.97 Å². The topological polar surface area (TPSA) is 88.3 Å². The van der Waals surface area contributed by atoms with Crippen molar-refractivity contribution in [1.29, 1.82) is 5.26 Å². The number of methoxy groups -OCH3 is 1. The molecule has 2 atom stereocenters. The zero-order valence-electron chi connectivity index (χ0n) is 18.4. The van der Waals surface area contributed by atoms with E-state index < -0.39 is 18.0 Å². The number of para-hydroxylation sites is 2. The van der Waals surface area contributed by atoms with E-state index >= 15 is 0 Å². The number of ether oxygens (including phenoxy) is 2. The zero-order chi connectivity index (χ0) is 21.9. The Balaban J connectivity index is 2.52. The second kappa shape index (κ2) is 12.1. The average Bonchev–Trinajstić information content (AvgIpc) is 2.74. The molecule has 30 heavy (non-hydrogen) atoms. The molecule has 1 aromatic carbocycles. The van der Waals surface area contributed by atoms with E-state index in [1.165, 1.54) is 0 Å². The quantitative estimate of drug-likeness (QED) is 0.482. The Labute approximate surface area is 179 Å². The number of anilines is 1. The lowest BCUT2D eigenvalue weighted by atomic mass is 10.1. The Morgan fingerprint density at radius 3 is 2.27 bits per heavy atom. The van der Waals surface area contributed by atoms with E-state index in [0.717, 1.165) is 44.3 Å². The Kier molecular flexibility index (Phi) is 9.49. The van der Waals surface area contributed by atoms with Gasteiger partial charge in [0.2, 0.25) is 0 Å². The van der Waals surface area contributed by atoms with E-state index in [-0.39, 0.29) is 6.61 Å². The molecule has 0 aliphatic carbocycles. The largest absolute Gasteiger partial charge is 0.459 e. The molecule has 162 valence electrons. The number of hydrogen-bond donors (Lipinski definition) is 0. The van der Waals surface area contributed by atoms with Crippen LogP contribution >= 0.6 is 0 Å². The molecule has 1 heterocycles. The highest BCUT2D eigenvalue weighted by molar-refractivity contribution is 5.85. The van der Waals surface area contributed by atoms with Crippen molar-refractivity contribution < 1.29 is 14.3 Å². The minimum absolute atomic E-state index is 0.263. The minimum atomic E-state index is -1.15. The van der Waals surface area contributed by atoms with Gasteiger partial charge in [0.15, 0.2) is 11.7 Å². The van der Waals surface area contributed by atoms with Gasteiger partial charge in [0.05, 0.1) is 23.7 Å². The maximum absolute atomic E-state index is 12.8. The number of carbonyl (C=O) groups excluding carboxylic acids is 1. The number of rotatable bonds is 12. The molecule has 2 aromatic rings. The molecule has 7 heteroatoms. The van der Waals surface area contributed by atoms with Crippen molar-refractivity contribution in [3.05, 3.63) is 30.0 Å². The monoisotopic (exact) mass is 412 g/mol. The molecule has 0 saturated carbocycles. The highest BCUT2D eigenvalue weighted by atomic mass is 16.6. The van der Waals surface area contributed by atoms with Crippen LogP contribution in [0.3, 0.4) is 0 Å². The summed E-state index contributed by atoms with van der Waals surface area (Å²) in [5, 5.41) is 9.85. The summed E-state index contributed by atoms with van der Waals surface area (Å²) in [6.45, 7) is 7.86. The van der Waals surface area contributed by atoms with Gasteiger partial charge in [-0.3, -0.25) is 4.79 Å². The summed E-state index contributed by atoms with van der Waals surface area (Å²) < 4.78 is 10.5. The molecule has 0 saturated heterocycles. The summed E-state index contributed by atoms with van der Waals surface area (Å²) in [5.74, 6) is -1.18. The van der Waals surface area contributed by atoms with Crippen LogP contribution in [0, 0.1) is 11.3 Å². The van der Waals surface area contributed by atoms with E-state index in [1.807, 2.05) is 24.3 Å². The van der Waals surface area contributed by atoms with Gasteiger partial charge in [0, 0.05) is 20.2 Å². The van der Waals surface area contributed by atoms with E-state index in [9.17, 15) is 10.1 Å². The number of benzene rings is 1. The normalized spacial score (nSPS) is 12.9. The molecule has 0 fully saturated rings. The van der Waals surface area contributed by atoms with Gasteiger partial charge in [-0.2, -0.15) is 5.26 Å². The molecular formula is C23H32N4O3. The number of esters is 1. The van der Waals surface area contributed by atoms with Crippen LogP contribution in [0.15, 0.2) is 24.3 Å². The summed E-state index contributed by atoms with van der Waals surface area (Å²) in [5.41, 5.74) is 1.75. The first-order valence-corrected chi connectivity index (χ1v) is 10.7. The van der Waals surface area contributed by atoms with Gasteiger partial charge in [-0.1, -0.05) is 38.8 Å². The molecule has 0 aliphatic rings. The van der Waals surface area contributed by atoms with Crippen LogP contribution in [0.5, 0.6) is 0 Å². The summed E-state index contributed by atoms with van der Waals surface area (Å²) in [7, 11) is 1.54. The van der Waals surface area contributed by atoms with Crippen LogP contribution in [0.2, 0.25) is 0 Å². The number of aromatic nitrogens is 2. The highest BCUT2D eigenvalue weighted by Gasteiger charge is 2.31. The fraction of sp³-hybridized carbons (Fsp3) is 0.565. The van der Waals surface area contributed by atoms with Gasteiger partial charge in [-0.05, 0) is 31.9 Å². The standard InChI is InChI=1S/C23H32N4O3/c1-5-7-13-27(14-8-6-2)22-21(25-19-11-9-10-12-20(19)26-22)18(15-24)23(28)30-17(3)16-29-4/h9-12,17-18H,5-8,13-14,16H2,1-4H3/t17-,18+/m0/s1. The Morgan fingerprint density at radius 2 is 1.73 bits per heavy atom. The number of unbranched alkanes of at least 4 members (excludes halogenated alkanes) is 2. The fourth-order valence-corrected chi connectivity index (χ4v) is 3.21. The van der Waals surface area contributed by atoms with Crippen LogP contribution in [0.25, 0.3) is 11.0 Å². The number of nitriles is 1. The first kappa shape index (κ1) is 23.6. The molecule has 0 spiro atoms. The minimum Gasteiger partial charge on any atom is -0.459 e. The molecule has 2 rings (SSSR count). The van der Waals surface area contributed by atoms with Crippen molar-refractivity contribution >= 4 is 22.8 Å².